The Labute approximate surface area is 284 Å². The maximum atomic E-state index is 6.56. The molecule has 0 aliphatic carbocycles. The number of hydrogen-bond donors (Lipinski definition) is 0. The van der Waals surface area contributed by atoms with E-state index in [1.807, 2.05) is 6.07 Å². The van der Waals surface area contributed by atoms with Crippen LogP contribution in [0.4, 0.5) is 0 Å². The zero-order valence-electron chi connectivity index (χ0n) is 26.7. The molecular weight excluding hydrogens is 593 g/mol. The average Bonchev–Trinajstić information content (AvgIpc) is 3.55. The average molecular weight is 623 g/mol. The normalized spacial score (nSPS) is 11.7. The molecule has 0 bridgehead atoms. The first-order valence-electron chi connectivity index (χ1n) is 16.8. The summed E-state index contributed by atoms with van der Waals surface area (Å²) in [4.78, 5) is 0. The summed E-state index contributed by atoms with van der Waals surface area (Å²) in [5, 5.41) is 9.70. The molecule has 0 atom stereocenters. The van der Waals surface area contributed by atoms with E-state index in [9.17, 15) is 0 Å². The van der Waals surface area contributed by atoms with Gasteiger partial charge in [0.05, 0.1) is 0 Å². The predicted molar refractivity (Wildman–Crippen MR) is 208 cm³/mol. The molecule has 1 nitrogen and oxygen atoms in total. The number of hydrogen-bond acceptors (Lipinski definition) is 1. The molecule has 0 fully saturated rings. The molecule has 0 aliphatic rings. The van der Waals surface area contributed by atoms with Gasteiger partial charge in [-0.3, -0.25) is 0 Å². The van der Waals surface area contributed by atoms with Crippen LogP contribution in [0.25, 0.3) is 98.8 Å². The first kappa shape index (κ1) is 27.7. The van der Waals surface area contributed by atoms with E-state index in [0.717, 1.165) is 33.1 Å². The first-order chi connectivity index (χ1) is 24.3. The van der Waals surface area contributed by atoms with E-state index < -0.39 is 0 Å². The fourth-order valence-electron chi connectivity index (χ4n) is 7.84. The summed E-state index contributed by atoms with van der Waals surface area (Å²) >= 11 is 0. The van der Waals surface area contributed by atoms with Crippen LogP contribution >= 0.6 is 0 Å². The Morgan fingerprint density at radius 1 is 0.286 bits per heavy atom. The number of furan rings is 1. The van der Waals surface area contributed by atoms with Crippen molar-refractivity contribution >= 4 is 54.3 Å². The number of benzene rings is 9. The number of rotatable bonds is 4. The van der Waals surface area contributed by atoms with E-state index in [1.54, 1.807) is 0 Å². The molecular formula is C48H30O. The molecule has 9 aromatic carbocycles. The molecule has 0 saturated heterocycles. The Kier molecular flexibility index (Phi) is 6.25. The highest BCUT2D eigenvalue weighted by atomic mass is 16.3. The Bertz CT molecular complexity index is 2820. The minimum Gasteiger partial charge on any atom is -0.455 e. The molecule has 0 N–H and O–H groups in total. The van der Waals surface area contributed by atoms with Gasteiger partial charge in [-0.05, 0) is 95.5 Å². The zero-order valence-corrected chi connectivity index (χ0v) is 26.7. The Morgan fingerprint density at radius 2 is 0.857 bits per heavy atom. The lowest BCUT2D eigenvalue weighted by Gasteiger charge is -2.20. The Hall–Kier alpha value is -6.44. The fraction of sp³-hybridized carbons (Fsp3) is 0. The summed E-state index contributed by atoms with van der Waals surface area (Å²) in [5.41, 5.74) is 11.4. The summed E-state index contributed by atoms with van der Waals surface area (Å²) in [6, 6.07) is 65.8. The van der Waals surface area contributed by atoms with E-state index in [2.05, 4.69) is 176 Å². The van der Waals surface area contributed by atoms with Gasteiger partial charge in [0.2, 0.25) is 0 Å². The molecule has 228 valence electrons. The summed E-state index contributed by atoms with van der Waals surface area (Å²) in [7, 11) is 0. The van der Waals surface area contributed by atoms with Crippen molar-refractivity contribution in [1.82, 2.24) is 0 Å². The minimum atomic E-state index is 0.905. The fourth-order valence-corrected chi connectivity index (χ4v) is 7.84. The largest absolute Gasteiger partial charge is 0.455 e. The molecule has 1 heterocycles. The second kappa shape index (κ2) is 11.1. The predicted octanol–water partition coefficient (Wildman–Crippen LogP) is 13.7. The van der Waals surface area contributed by atoms with Crippen molar-refractivity contribution in [2.75, 3.05) is 0 Å². The van der Waals surface area contributed by atoms with Gasteiger partial charge in [0.1, 0.15) is 11.2 Å². The van der Waals surface area contributed by atoms with Crippen molar-refractivity contribution in [2.45, 2.75) is 0 Å². The van der Waals surface area contributed by atoms with Gasteiger partial charge in [-0.2, -0.15) is 0 Å². The van der Waals surface area contributed by atoms with Gasteiger partial charge < -0.3 is 4.42 Å². The van der Waals surface area contributed by atoms with Crippen molar-refractivity contribution in [3.05, 3.63) is 182 Å². The summed E-state index contributed by atoms with van der Waals surface area (Å²) < 4.78 is 6.56. The van der Waals surface area contributed by atoms with Crippen molar-refractivity contribution < 1.29 is 4.42 Å². The SMILES string of the molecule is c1ccc(-c2cc(-c3c4ccccc4c(-c4ccccc4-c4ccc5ccccc5c4)c4ccccc34)cc3c2oc2ccccc23)cc1. The second-order valence-electron chi connectivity index (χ2n) is 12.8. The molecule has 0 spiro atoms. The highest BCUT2D eigenvalue weighted by Crippen LogP contribution is 2.48. The Balaban J connectivity index is 1.30. The Morgan fingerprint density at radius 3 is 1.59 bits per heavy atom. The maximum Gasteiger partial charge on any atom is 0.143 e. The van der Waals surface area contributed by atoms with Gasteiger partial charge in [0, 0.05) is 16.3 Å². The highest BCUT2D eigenvalue weighted by Gasteiger charge is 2.21. The lowest BCUT2D eigenvalue weighted by atomic mass is 9.83. The zero-order chi connectivity index (χ0) is 32.3. The van der Waals surface area contributed by atoms with Crippen LogP contribution in [0.1, 0.15) is 0 Å². The molecule has 0 unspecified atom stereocenters. The van der Waals surface area contributed by atoms with Gasteiger partial charge in [-0.1, -0.05) is 158 Å². The third-order valence-electron chi connectivity index (χ3n) is 10.0. The molecule has 10 rings (SSSR count). The van der Waals surface area contributed by atoms with Crippen LogP contribution in [0.15, 0.2) is 186 Å². The third kappa shape index (κ3) is 4.40. The smallest absolute Gasteiger partial charge is 0.143 e. The lowest BCUT2D eigenvalue weighted by Crippen LogP contribution is -1.93. The summed E-state index contributed by atoms with van der Waals surface area (Å²) in [6.45, 7) is 0. The monoisotopic (exact) mass is 622 g/mol. The molecule has 1 aromatic heterocycles. The minimum absolute atomic E-state index is 0.905. The maximum absolute atomic E-state index is 6.56. The number of para-hydroxylation sites is 1. The van der Waals surface area contributed by atoms with Gasteiger partial charge in [-0.25, -0.2) is 0 Å². The standard InChI is InChI=1S/C48H30O/c1-2-15-32(16-3-1)43-29-35(30-44-37-19-12-13-25-45(37)49-48(43)44)46-39-21-8-10-23-41(39)47(42-24-11-9-22-40(42)46)38-20-7-6-18-36(38)34-27-26-31-14-4-5-17-33(31)28-34/h1-30H. The molecule has 0 aliphatic heterocycles. The van der Waals surface area contributed by atoms with Crippen LogP contribution < -0.4 is 0 Å². The van der Waals surface area contributed by atoms with E-state index in [-0.39, 0.29) is 0 Å². The van der Waals surface area contributed by atoms with E-state index in [4.69, 9.17) is 4.42 Å². The third-order valence-corrected chi connectivity index (χ3v) is 10.0. The second-order valence-corrected chi connectivity index (χ2v) is 12.8. The van der Waals surface area contributed by atoms with Crippen LogP contribution in [0.5, 0.6) is 0 Å². The van der Waals surface area contributed by atoms with Crippen molar-refractivity contribution in [1.29, 1.82) is 0 Å². The van der Waals surface area contributed by atoms with E-state index in [1.165, 1.54) is 65.7 Å². The van der Waals surface area contributed by atoms with Gasteiger partial charge in [-0.15, -0.1) is 0 Å². The number of fused-ring (bicyclic) bond motifs is 6. The highest BCUT2D eigenvalue weighted by molar-refractivity contribution is 6.23. The molecule has 0 radical (unpaired) electrons. The van der Waals surface area contributed by atoms with E-state index in [0.29, 0.717) is 0 Å². The lowest BCUT2D eigenvalue weighted by molar-refractivity contribution is 0.670. The van der Waals surface area contributed by atoms with E-state index >= 15 is 0 Å². The molecule has 1 heteroatoms. The summed E-state index contributed by atoms with van der Waals surface area (Å²) in [5.74, 6) is 0. The molecule has 0 saturated carbocycles. The molecule has 10 aromatic rings. The van der Waals surface area contributed by atoms with Crippen molar-refractivity contribution in [3.8, 4) is 44.5 Å². The van der Waals surface area contributed by atoms with Crippen molar-refractivity contribution in [2.24, 2.45) is 0 Å². The van der Waals surface area contributed by atoms with Gasteiger partial charge in [0.25, 0.3) is 0 Å². The van der Waals surface area contributed by atoms with Gasteiger partial charge >= 0.3 is 0 Å². The van der Waals surface area contributed by atoms with Crippen LogP contribution in [0, 0.1) is 0 Å². The molecule has 49 heavy (non-hydrogen) atoms. The van der Waals surface area contributed by atoms with Crippen LogP contribution in [-0.4, -0.2) is 0 Å². The van der Waals surface area contributed by atoms with Crippen LogP contribution in [0.3, 0.4) is 0 Å². The topological polar surface area (TPSA) is 13.1 Å². The van der Waals surface area contributed by atoms with Gasteiger partial charge in [0.15, 0.2) is 0 Å². The quantitative estimate of drug-likeness (QED) is 0.178. The van der Waals surface area contributed by atoms with Crippen LogP contribution in [-0.2, 0) is 0 Å². The molecule has 0 amide bonds. The summed E-state index contributed by atoms with van der Waals surface area (Å²) in [6.07, 6.45) is 0. The van der Waals surface area contributed by atoms with Crippen molar-refractivity contribution in [3.63, 3.8) is 0 Å². The first-order valence-corrected chi connectivity index (χ1v) is 16.8. The van der Waals surface area contributed by atoms with Crippen LogP contribution in [0.2, 0.25) is 0 Å².